The van der Waals surface area contributed by atoms with Gasteiger partial charge in [-0.25, -0.2) is 0 Å². The summed E-state index contributed by atoms with van der Waals surface area (Å²) in [6, 6.07) is 5.96. The van der Waals surface area contributed by atoms with Gasteiger partial charge in [0.1, 0.15) is 0 Å². The molecule has 1 aliphatic rings. The summed E-state index contributed by atoms with van der Waals surface area (Å²) in [5.74, 6) is 0. The summed E-state index contributed by atoms with van der Waals surface area (Å²) < 4.78 is 0. The van der Waals surface area contributed by atoms with Gasteiger partial charge in [-0.2, -0.15) is 0 Å². The molecular weight excluding hydrogens is 236 g/mol. The number of nitrogens with zero attached hydrogens (tertiary/aromatic N) is 1. The Morgan fingerprint density at radius 2 is 2.29 bits per heavy atom. The van der Waals surface area contributed by atoms with Crippen molar-refractivity contribution >= 4 is 11.6 Å². The second kappa shape index (κ2) is 4.94. The largest absolute Gasteiger partial charge is 0.389 e. The Morgan fingerprint density at radius 3 is 2.82 bits per heavy atom. The van der Waals surface area contributed by atoms with Gasteiger partial charge in [-0.15, -0.1) is 0 Å². The van der Waals surface area contributed by atoms with Crippen molar-refractivity contribution in [3.05, 3.63) is 34.3 Å². The van der Waals surface area contributed by atoms with Crippen LogP contribution in [0.15, 0.2) is 18.2 Å². The molecule has 0 radical (unpaired) electrons. The maximum Gasteiger partial charge on any atom is 0.0758 e. The Morgan fingerprint density at radius 1 is 1.53 bits per heavy atom. The van der Waals surface area contributed by atoms with Crippen LogP contribution >= 0.6 is 11.6 Å². The topological polar surface area (TPSA) is 49.5 Å². The van der Waals surface area contributed by atoms with Crippen molar-refractivity contribution in [1.82, 2.24) is 4.90 Å². The predicted octanol–water partition coefficient (Wildman–Crippen LogP) is 1.76. The van der Waals surface area contributed by atoms with Crippen molar-refractivity contribution in [2.45, 2.75) is 32.0 Å². The van der Waals surface area contributed by atoms with Gasteiger partial charge in [0.15, 0.2) is 0 Å². The molecule has 4 heteroatoms. The lowest BCUT2D eigenvalue weighted by Gasteiger charge is -2.19. The van der Waals surface area contributed by atoms with Gasteiger partial charge in [0.05, 0.1) is 5.60 Å². The second-order valence-electron chi connectivity index (χ2n) is 5.09. The molecule has 1 heterocycles. The van der Waals surface area contributed by atoms with Crippen molar-refractivity contribution in [3.8, 4) is 0 Å². The summed E-state index contributed by atoms with van der Waals surface area (Å²) in [6.07, 6.45) is 0.825. The Hall–Kier alpha value is -0.610. The lowest BCUT2D eigenvalue weighted by Crippen LogP contribution is -2.29. The van der Waals surface area contributed by atoms with Gasteiger partial charge in [-0.3, -0.25) is 4.90 Å². The molecule has 0 spiro atoms. The zero-order valence-electron chi connectivity index (χ0n) is 10.1. The summed E-state index contributed by atoms with van der Waals surface area (Å²) in [7, 11) is 0. The SMILES string of the molecule is CC1(O)CCN(Cc2ccc(CN)cc2Cl)C1. The highest BCUT2D eigenvalue weighted by Crippen LogP contribution is 2.25. The maximum atomic E-state index is 9.90. The number of hydrogen-bond acceptors (Lipinski definition) is 3. The van der Waals surface area contributed by atoms with E-state index in [2.05, 4.69) is 4.90 Å². The van der Waals surface area contributed by atoms with Crippen LogP contribution in [-0.4, -0.2) is 28.7 Å². The van der Waals surface area contributed by atoms with Gasteiger partial charge in [-0.1, -0.05) is 23.7 Å². The van der Waals surface area contributed by atoms with E-state index in [1.807, 2.05) is 25.1 Å². The summed E-state index contributed by atoms with van der Waals surface area (Å²) in [4.78, 5) is 2.23. The van der Waals surface area contributed by atoms with Crippen LogP contribution in [0, 0.1) is 0 Å². The van der Waals surface area contributed by atoms with Gasteiger partial charge in [0.2, 0.25) is 0 Å². The molecule has 0 amide bonds. The summed E-state index contributed by atoms with van der Waals surface area (Å²) in [5, 5.41) is 10.7. The highest BCUT2D eigenvalue weighted by Gasteiger charge is 2.31. The van der Waals surface area contributed by atoms with E-state index >= 15 is 0 Å². The Labute approximate surface area is 107 Å². The fraction of sp³-hybridized carbons (Fsp3) is 0.538. The van der Waals surface area contributed by atoms with E-state index in [9.17, 15) is 5.11 Å². The van der Waals surface area contributed by atoms with E-state index in [1.54, 1.807) is 0 Å². The number of halogens is 1. The van der Waals surface area contributed by atoms with E-state index in [0.717, 1.165) is 35.7 Å². The number of aliphatic hydroxyl groups is 1. The first-order chi connectivity index (χ1) is 8.00. The van der Waals surface area contributed by atoms with E-state index < -0.39 is 5.60 Å². The molecule has 1 saturated heterocycles. The van der Waals surface area contributed by atoms with Crippen LogP contribution in [0.1, 0.15) is 24.5 Å². The number of likely N-dealkylation sites (tertiary alicyclic amines) is 1. The molecule has 94 valence electrons. The minimum atomic E-state index is -0.552. The van der Waals surface area contributed by atoms with Crippen LogP contribution in [0.25, 0.3) is 0 Å². The van der Waals surface area contributed by atoms with E-state index in [4.69, 9.17) is 17.3 Å². The highest BCUT2D eigenvalue weighted by atomic mass is 35.5. The minimum absolute atomic E-state index is 0.512. The van der Waals surface area contributed by atoms with Crippen LogP contribution in [0.4, 0.5) is 0 Å². The molecule has 1 atom stereocenters. The average molecular weight is 255 g/mol. The molecule has 2 rings (SSSR count). The van der Waals surface area contributed by atoms with Crippen LogP contribution in [0.5, 0.6) is 0 Å². The standard InChI is InChI=1S/C13H19ClN2O/c1-13(17)4-5-16(9-13)8-11-3-2-10(7-15)6-12(11)14/h2-3,6,17H,4-5,7-9,15H2,1H3. The third-order valence-electron chi connectivity index (χ3n) is 3.28. The molecule has 1 fully saturated rings. The first-order valence-corrected chi connectivity index (χ1v) is 6.30. The van der Waals surface area contributed by atoms with Gasteiger partial charge in [0, 0.05) is 31.2 Å². The zero-order valence-corrected chi connectivity index (χ0v) is 10.9. The number of rotatable bonds is 3. The number of benzene rings is 1. The van der Waals surface area contributed by atoms with E-state index in [-0.39, 0.29) is 0 Å². The monoisotopic (exact) mass is 254 g/mol. The average Bonchev–Trinajstić information content (AvgIpc) is 2.61. The van der Waals surface area contributed by atoms with Crippen LogP contribution in [-0.2, 0) is 13.1 Å². The molecule has 1 aromatic rings. The molecule has 0 aliphatic carbocycles. The number of hydrogen-bond donors (Lipinski definition) is 2. The van der Waals surface area contributed by atoms with Gasteiger partial charge in [-0.05, 0) is 30.5 Å². The smallest absolute Gasteiger partial charge is 0.0758 e. The molecule has 0 saturated carbocycles. The molecule has 0 aromatic heterocycles. The summed E-state index contributed by atoms with van der Waals surface area (Å²) in [5.41, 5.74) is 7.16. The molecule has 1 unspecified atom stereocenters. The number of nitrogens with two attached hydrogens (primary N) is 1. The third kappa shape index (κ3) is 3.19. The fourth-order valence-electron chi connectivity index (χ4n) is 2.26. The molecule has 1 aromatic carbocycles. The predicted molar refractivity (Wildman–Crippen MR) is 69.9 cm³/mol. The lowest BCUT2D eigenvalue weighted by atomic mass is 10.1. The van der Waals surface area contributed by atoms with Gasteiger partial charge >= 0.3 is 0 Å². The van der Waals surface area contributed by atoms with Gasteiger partial charge in [0.25, 0.3) is 0 Å². The normalized spacial score (nSPS) is 25.4. The molecule has 1 aliphatic heterocycles. The van der Waals surface area contributed by atoms with Gasteiger partial charge < -0.3 is 10.8 Å². The molecule has 17 heavy (non-hydrogen) atoms. The maximum absolute atomic E-state index is 9.90. The Bertz CT molecular complexity index is 406. The van der Waals surface area contributed by atoms with Crippen molar-refractivity contribution in [1.29, 1.82) is 0 Å². The minimum Gasteiger partial charge on any atom is -0.389 e. The molecular formula is C13H19ClN2O. The van der Waals surface area contributed by atoms with Crippen LogP contribution < -0.4 is 5.73 Å². The van der Waals surface area contributed by atoms with Crippen LogP contribution in [0.3, 0.4) is 0 Å². The van der Waals surface area contributed by atoms with E-state index in [0.29, 0.717) is 13.1 Å². The lowest BCUT2D eigenvalue weighted by molar-refractivity contribution is 0.0679. The molecule has 3 N–H and O–H groups in total. The summed E-state index contributed by atoms with van der Waals surface area (Å²) in [6.45, 7) is 4.81. The fourth-order valence-corrected chi connectivity index (χ4v) is 2.52. The second-order valence-corrected chi connectivity index (χ2v) is 5.49. The quantitative estimate of drug-likeness (QED) is 0.864. The van der Waals surface area contributed by atoms with E-state index in [1.165, 1.54) is 0 Å². The van der Waals surface area contributed by atoms with Crippen molar-refractivity contribution in [2.24, 2.45) is 5.73 Å². The van der Waals surface area contributed by atoms with Crippen molar-refractivity contribution in [3.63, 3.8) is 0 Å². The molecule has 3 nitrogen and oxygen atoms in total. The summed E-state index contributed by atoms with van der Waals surface area (Å²) >= 11 is 6.21. The number of β-amino-alcohol motifs (C(OH)–C–C–N with tert-alkyl or cyclic N) is 1. The first-order valence-electron chi connectivity index (χ1n) is 5.92. The van der Waals surface area contributed by atoms with Crippen molar-refractivity contribution < 1.29 is 5.11 Å². The van der Waals surface area contributed by atoms with Crippen molar-refractivity contribution in [2.75, 3.05) is 13.1 Å². The zero-order chi connectivity index (χ0) is 12.5. The molecule has 0 bridgehead atoms. The Kier molecular flexibility index (Phi) is 3.73. The third-order valence-corrected chi connectivity index (χ3v) is 3.63. The van der Waals surface area contributed by atoms with Crippen LogP contribution in [0.2, 0.25) is 5.02 Å². The highest BCUT2D eigenvalue weighted by molar-refractivity contribution is 6.31. The Balaban J connectivity index is 2.04. The first kappa shape index (κ1) is 12.8.